The highest BCUT2D eigenvalue weighted by Gasteiger charge is 2.18. The molecule has 0 bridgehead atoms. The zero-order valence-corrected chi connectivity index (χ0v) is 18.3. The summed E-state index contributed by atoms with van der Waals surface area (Å²) in [5, 5.41) is 6.75. The van der Waals surface area contributed by atoms with Gasteiger partial charge in [-0.05, 0) is 41.8 Å². The van der Waals surface area contributed by atoms with Crippen molar-refractivity contribution < 1.29 is 18.8 Å². The monoisotopic (exact) mass is 445 g/mol. The van der Waals surface area contributed by atoms with Gasteiger partial charge in [0.05, 0.1) is 14.2 Å². The van der Waals surface area contributed by atoms with Crippen LogP contribution >= 0.6 is 0 Å². The minimum atomic E-state index is -0.729. The molecule has 0 unspecified atom stereocenters. The number of anilines is 1. The van der Waals surface area contributed by atoms with E-state index in [4.69, 9.17) is 14.0 Å². The van der Waals surface area contributed by atoms with Gasteiger partial charge in [-0.15, -0.1) is 0 Å². The molecule has 33 heavy (non-hydrogen) atoms. The molecule has 0 spiro atoms. The van der Waals surface area contributed by atoms with E-state index in [0.717, 1.165) is 11.1 Å². The van der Waals surface area contributed by atoms with Gasteiger partial charge in [0.2, 0.25) is 5.91 Å². The van der Waals surface area contributed by atoms with Gasteiger partial charge in [0.1, 0.15) is 6.54 Å². The lowest BCUT2D eigenvalue weighted by Gasteiger charge is -2.12. The van der Waals surface area contributed by atoms with Crippen LogP contribution < -0.4 is 20.5 Å². The number of methoxy groups -OCH3 is 2. The number of ether oxygens (including phenoxy) is 2. The lowest BCUT2D eigenvalue weighted by molar-refractivity contribution is -0.116. The lowest BCUT2D eigenvalue weighted by atomic mass is 10.0. The van der Waals surface area contributed by atoms with E-state index in [1.165, 1.54) is 18.8 Å². The fourth-order valence-electron chi connectivity index (χ4n) is 3.54. The third kappa shape index (κ3) is 4.95. The number of amides is 1. The summed E-state index contributed by atoms with van der Waals surface area (Å²) >= 11 is 0. The van der Waals surface area contributed by atoms with E-state index in [1.54, 1.807) is 18.2 Å². The van der Waals surface area contributed by atoms with Gasteiger partial charge in [0.15, 0.2) is 17.3 Å². The molecule has 0 aliphatic heterocycles. The Kier molecular flexibility index (Phi) is 6.54. The van der Waals surface area contributed by atoms with Crippen LogP contribution in [0, 0.1) is 0 Å². The van der Waals surface area contributed by atoms with Crippen LogP contribution in [0.2, 0.25) is 0 Å². The zero-order valence-electron chi connectivity index (χ0n) is 18.3. The molecule has 1 heterocycles. The van der Waals surface area contributed by atoms with Crippen molar-refractivity contribution in [2.75, 3.05) is 19.5 Å². The normalized spacial score (nSPS) is 10.6. The largest absolute Gasteiger partial charge is 0.493 e. The number of rotatable bonds is 8. The van der Waals surface area contributed by atoms with E-state index in [1.807, 2.05) is 54.6 Å². The first-order valence-corrected chi connectivity index (χ1v) is 10.3. The molecular weight excluding hydrogens is 422 g/mol. The van der Waals surface area contributed by atoms with E-state index >= 15 is 0 Å². The molecule has 1 aromatic heterocycles. The summed E-state index contributed by atoms with van der Waals surface area (Å²) in [6, 6.07) is 22.6. The Labute approximate surface area is 190 Å². The van der Waals surface area contributed by atoms with Crippen molar-refractivity contribution in [2.45, 2.75) is 13.0 Å². The number of hydrogen-bond donors (Lipinski definition) is 1. The van der Waals surface area contributed by atoms with Crippen LogP contribution in [0.3, 0.4) is 0 Å². The van der Waals surface area contributed by atoms with E-state index in [-0.39, 0.29) is 18.3 Å². The first-order chi connectivity index (χ1) is 16.1. The maximum absolute atomic E-state index is 12.9. The van der Waals surface area contributed by atoms with Gasteiger partial charge < -0.3 is 14.8 Å². The zero-order chi connectivity index (χ0) is 23.2. The third-order valence-electron chi connectivity index (χ3n) is 5.16. The van der Waals surface area contributed by atoms with Crippen LogP contribution in [0.1, 0.15) is 11.1 Å². The summed E-state index contributed by atoms with van der Waals surface area (Å²) in [7, 11) is 3.04. The Hall–Kier alpha value is -4.33. The maximum atomic E-state index is 12.9. The molecule has 3 aromatic carbocycles. The average Bonchev–Trinajstić information content (AvgIpc) is 3.20. The predicted octanol–water partition coefficient (Wildman–Crippen LogP) is 3.75. The van der Waals surface area contributed by atoms with Crippen LogP contribution in [0.5, 0.6) is 11.5 Å². The molecule has 168 valence electrons. The molecule has 0 saturated heterocycles. The number of carbonyl (C=O) groups is 1. The standard InChI is InChI=1S/C25H23N3O5/c1-31-21-13-12-19(15-22(21)32-2)24-27-33-25(30)28(24)16-23(29)26-20-11-7-6-10-18(20)14-17-8-4-3-5-9-17/h3-13,15H,14,16H2,1-2H3,(H,26,29). The van der Waals surface area contributed by atoms with Gasteiger partial charge in [-0.2, -0.15) is 0 Å². The van der Waals surface area contributed by atoms with Gasteiger partial charge in [-0.25, -0.2) is 9.36 Å². The molecule has 8 heteroatoms. The molecule has 1 amide bonds. The highest BCUT2D eigenvalue weighted by atomic mass is 16.5. The first-order valence-electron chi connectivity index (χ1n) is 10.3. The maximum Gasteiger partial charge on any atom is 0.442 e. The molecule has 4 aromatic rings. The highest BCUT2D eigenvalue weighted by Crippen LogP contribution is 2.31. The Morgan fingerprint density at radius 1 is 0.970 bits per heavy atom. The van der Waals surface area contributed by atoms with E-state index in [0.29, 0.717) is 29.2 Å². The molecule has 1 N–H and O–H groups in total. The summed E-state index contributed by atoms with van der Waals surface area (Å²) in [5.74, 6) is 0.117. The number of benzene rings is 3. The minimum absolute atomic E-state index is 0.216. The van der Waals surface area contributed by atoms with Gasteiger partial charge >= 0.3 is 5.76 Å². The minimum Gasteiger partial charge on any atom is -0.493 e. The topological polar surface area (TPSA) is 95.6 Å². The van der Waals surface area contributed by atoms with Crippen molar-refractivity contribution >= 4 is 11.6 Å². The second-order valence-corrected chi connectivity index (χ2v) is 7.30. The smallest absolute Gasteiger partial charge is 0.442 e. The molecule has 0 radical (unpaired) electrons. The van der Waals surface area contributed by atoms with Crippen LogP contribution in [0.4, 0.5) is 5.69 Å². The van der Waals surface area contributed by atoms with Crippen molar-refractivity contribution in [3.63, 3.8) is 0 Å². The Balaban J connectivity index is 1.55. The van der Waals surface area contributed by atoms with Crippen molar-refractivity contribution in [1.29, 1.82) is 0 Å². The molecule has 8 nitrogen and oxygen atoms in total. The van der Waals surface area contributed by atoms with Crippen LogP contribution in [-0.2, 0) is 17.8 Å². The Morgan fingerprint density at radius 2 is 1.70 bits per heavy atom. The number of nitrogens with zero attached hydrogens (tertiary/aromatic N) is 2. The number of carbonyl (C=O) groups excluding carboxylic acids is 1. The second-order valence-electron chi connectivity index (χ2n) is 7.30. The Bertz CT molecular complexity index is 1310. The summed E-state index contributed by atoms with van der Waals surface area (Å²) in [4.78, 5) is 25.1. The van der Waals surface area contributed by atoms with Crippen LogP contribution in [-0.4, -0.2) is 29.9 Å². The second kappa shape index (κ2) is 9.86. The number of hydrogen-bond acceptors (Lipinski definition) is 6. The Morgan fingerprint density at radius 3 is 2.45 bits per heavy atom. The van der Waals surface area contributed by atoms with Gasteiger partial charge in [0, 0.05) is 11.3 Å². The fourth-order valence-corrected chi connectivity index (χ4v) is 3.54. The first kappa shape index (κ1) is 21.9. The third-order valence-corrected chi connectivity index (χ3v) is 5.16. The summed E-state index contributed by atoms with van der Waals surface area (Å²) < 4.78 is 16.6. The van der Waals surface area contributed by atoms with Crippen molar-refractivity contribution in [1.82, 2.24) is 9.72 Å². The summed E-state index contributed by atoms with van der Waals surface area (Å²) in [6.07, 6.45) is 0.668. The highest BCUT2D eigenvalue weighted by molar-refractivity contribution is 5.91. The van der Waals surface area contributed by atoms with Gasteiger partial charge in [0.25, 0.3) is 0 Å². The van der Waals surface area contributed by atoms with Crippen molar-refractivity contribution in [3.8, 4) is 22.9 Å². The summed E-state index contributed by atoms with van der Waals surface area (Å²) in [5.41, 5.74) is 3.33. The van der Waals surface area contributed by atoms with Crippen LogP contribution in [0.25, 0.3) is 11.4 Å². The molecule has 0 aliphatic rings. The van der Waals surface area contributed by atoms with Gasteiger partial charge in [-0.1, -0.05) is 53.7 Å². The molecule has 0 saturated carbocycles. The SMILES string of the molecule is COc1ccc(-c2noc(=O)n2CC(=O)Nc2ccccc2Cc2ccccc2)cc1OC. The van der Waals surface area contributed by atoms with E-state index in [9.17, 15) is 9.59 Å². The lowest BCUT2D eigenvalue weighted by Crippen LogP contribution is -2.26. The van der Waals surface area contributed by atoms with Crippen molar-refractivity contribution in [3.05, 3.63) is 94.5 Å². The summed E-state index contributed by atoms with van der Waals surface area (Å²) in [6.45, 7) is -0.258. The predicted molar refractivity (Wildman–Crippen MR) is 124 cm³/mol. The molecule has 4 rings (SSSR count). The number of nitrogens with one attached hydrogen (secondary N) is 1. The molecule has 0 aliphatic carbocycles. The average molecular weight is 445 g/mol. The molecule has 0 atom stereocenters. The molecule has 0 fully saturated rings. The van der Waals surface area contributed by atoms with Gasteiger partial charge in [-0.3, -0.25) is 9.32 Å². The van der Waals surface area contributed by atoms with E-state index < -0.39 is 5.76 Å². The fraction of sp³-hybridized carbons (Fsp3) is 0.160. The quantitative estimate of drug-likeness (QED) is 0.444. The molecular formula is C25H23N3O5. The van der Waals surface area contributed by atoms with E-state index in [2.05, 4.69) is 10.5 Å². The number of para-hydroxylation sites is 1. The number of aromatic nitrogens is 2. The van der Waals surface area contributed by atoms with Crippen LogP contribution in [0.15, 0.2) is 82.1 Å². The van der Waals surface area contributed by atoms with Crippen molar-refractivity contribution in [2.24, 2.45) is 0 Å².